The summed E-state index contributed by atoms with van der Waals surface area (Å²) in [5.41, 5.74) is 0. The molecular weight excluding hydrogens is 223 g/mol. The quantitative estimate of drug-likeness (QED) is 0.724. The zero-order valence-electron chi connectivity index (χ0n) is 10.5. The van der Waals surface area contributed by atoms with E-state index in [4.69, 9.17) is 4.52 Å². The summed E-state index contributed by atoms with van der Waals surface area (Å²) in [5.74, 6) is 0.401. The van der Waals surface area contributed by atoms with Crippen molar-refractivity contribution >= 4 is 7.60 Å². The molecule has 4 heteroatoms. The molecule has 3 nitrogen and oxygen atoms in total. The summed E-state index contributed by atoms with van der Waals surface area (Å²) in [6.07, 6.45) is 7.99. The lowest BCUT2D eigenvalue weighted by atomic mass is 9.91. The third-order valence-electron chi connectivity index (χ3n) is 3.25. The van der Waals surface area contributed by atoms with E-state index in [0.29, 0.717) is 12.1 Å². The van der Waals surface area contributed by atoms with Gasteiger partial charge in [0.25, 0.3) is 0 Å². The monoisotopic (exact) mass is 248 g/mol. The van der Waals surface area contributed by atoms with Crippen LogP contribution in [0, 0.1) is 5.92 Å². The van der Waals surface area contributed by atoms with Crippen molar-refractivity contribution in [1.29, 1.82) is 0 Å². The topological polar surface area (TPSA) is 46.5 Å². The number of hydrogen-bond donors (Lipinski definition) is 1. The third kappa shape index (κ3) is 5.47. The highest BCUT2D eigenvalue weighted by Crippen LogP contribution is 2.47. The maximum atomic E-state index is 11.9. The van der Waals surface area contributed by atoms with Crippen LogP contribution >= 0.6 is 7.60 Å². The van der Waals surface area contributed by atoms with Gasteiger partial charge in [-0.2, -0.15) is 0 Å². The van der Waals surface area contributed by atoms with E-state index in [9.17, 15) is 9.46 Å². The predicted octanol–water partition coefficient (Wildman–Crippen LogP) is 3.96. The van der Waals surface area contributed by atoms with Crippen LogP contribution in [0.3, 0.4) is 0 Å². The molecule has 0 radical (unpaired) electrons. The maximum absolute atomic E-state index is 11.9. The average molecular weight is 248 g/mol. The Morgan fingerprint density at radius 3 is 2.56 bits per heavy atom. The van der Waals surface area contributed by atoms with Gasteiger partial charge in [0.1, 0.15) is 0 Å². The fourth-order valence-electron chi connectivity index (χ4n) is 2.48. The Morgan fingerprint density at radius 1 is 1.38 bits per heavy atom. The first-order valence-corrected chi connectivity index (χ1v) is 8.30. The summed E-state index contributed by atoms with van der Waals surface area (Å²) in [7, 11) is -3.35. The molecule has 0 saturated heterocycles. The minimum absolute atomic E-state index is 0.0931. The van der Waals surface area contributed by atoms with Gasteiger partial charge in [-0.25, -0.2) is 0 Å². The molecular formula is C12H25O3P. The number of hydrogen-bond acceptors (Lipinski definition) is 2. The molecule has 1 saturated carbocycles. The van der Waals surface area contributed by atoms with Gasteiger partial charge < -0.3 is 9.42 Å². The van der Waals surface area contributed by atoms with E-state index in [-0.39, 0.29) is 6.10 Å². The molecule has 0 spiro atoms. The van der Waals surface area contributed by atoms with Crippen molar-refractivity contribution in [2.75, 3.05) is 6.16 Å². The van der Waals surface area contributed by atoms with Crippen LogP contribution in [0.5, 0.6) is 0 Å². The third-order valence-corrected chi connectivity index (χ3v) is 4.92. The lowest BCUT2D eigenvalue weighted by molar-refractivity contribution is 0.175. The van der Waals surface area contributed by atoms with Crippen LogP contribution in [0.15, 0.2) is 0 Å². The predicted molar refractivity (Wildman–Crippen MR) is 66.7 cm³/mol. The van der Waals surface area contributed by atoms with Crippen molar-refractivity contribution < 1.29 is 14.0 Å². The van der Waals surface area contributed by atoms with Gasteiger partial charge in [0, 0.05) is 0 Å². The van der Waals surface area contributed by atoms with Crippen LogP contribution < -0.4 is 0 Å². The van der Waals surface area contributed by atoms with E-state index < -0.39 is 7.60 Å². The number of rotatable bonds is 6. The molecule has 0 aliphatic heterocycles. The highest BCUT2D eigenvalue weighted by molar-refractivity contribution is 7.52. The van der Waals surface area contributed by atoms with Crippen LogP contribution in [0.4, 0.5) is 0 Å². The molecule has 1 fully saturated rings. The van der Waals surface area contributed by atoms with Crippen molar-refractivity contribution in [3.63, 3.8) is 0 Å². The van der Waals surface area contributed by atoms with E-state index in [2.05, 4.69) is 6.92 Å². The van der Waals surface area contributed by atoms with Crippen molar-refractivity contribution in [1.82, 2.24) is 0 Å². The van der Waals surface area contributed by atoms with Gasteiger partial charge >= 0.3 is 7.60 Å². The van der Waals surface area contributed by atoms with E-state index in [1.807, 2.05) is 6.92 Å². The SMILES string of the molecule is CCCC(C)OP(=O)(O)CC1CCCCC1. The zero-order chi connectivity index (χ0) is 12.0. The molecule has 0 heterocycles. The molecule has 2 unspecified atom stereocenters. The summed E-state index contributed by atoms with van der Waals surface area (Å²) in [6, 6.07) is 0. The highest BCUT2D eigenvalue weighted by Gasteiger charge is 2.28. The molecule has 0 amide bonds. The summed E-state index contributed by atoms with van der Waals surface area (Å²) >= 11 is 0. The van der Waals surface area contributed by atoms with E-state index in [1.54, 1.807) is 0 Å². The smallest absolute Gasteiger partial charge is 0.324 e. The molecule has 0 aromatic carbocycles. The van der Waals surface area contributed by atoms with Gasteiger partial charge in [-0.3, -0.25) is 4.57 Å². The van der Waals surface area contributed by atoms with E-state index in [0.717, 1.165) is 25.7 Å². The Kier molecular flexibility index (Phi) is 6.02. The Morgan fingerprint density at radius 2 is 2.00 bits per heavy atom. The highest BCUT2D eigenvalue weighted by atomic mass is 31.2. The largest absolute Gasteiger partial charge is 0.328 e. The van der Waals surface area contributed by atoms with Crippen LogP contribution in [-0.2, 0) is 9.09 Å². The van der Waals surface area contributed by atoms with Crippen molar-refractivity contribution in [3.8, 4) is 0 Å². The van der Waals surface area contributed by atoms with Gasteiger partial charge in [-0.1, -0.05) is 32.6 Å². The minimum Gasteiger partial charge on any atom is -0.324 e. The maximum Gasteiger partial charge on any atom is 0.328 e. The second-order valence-corrected chi connectivity index (χ2v) is 6.88. The lowest BCUT2D eigenvalue weighted by Gasteiger charge is -2.25. The van der Waals surface area contributed by atoms with Gasteiger partial charge in [0.15, 0.2) is 0 Å². The van der Waals surface area contributed by atoms with Gasteiger partial charge in [0.2, 0.25) is 0 Å². The molecule has 1 rings (SSSR count). The summed E-state index contributed by atoms with van der Waals surface area (Å²) in [4.78, 5) is 9.80. The minimum atomic E-state index is -3.35. The molecule has 16 heavy (non-hydrogen) atoms. The fourth-order valence-corrected chi connectivity index (χ4v) is 4.25. The van der Waals surface area contributed by atoms with Crippen molar-refractivity contribution in [3.05, 3.63) is 0 Å². The van der Waals surface area contributed by atoms with Crippen molar-refractivity contribution in [2.45, 2.75) is 64.9 Å². The molecule has 0 aromatic heterocycles. The summed E-state index contributed by atoms with van der Waals surface area (Å²) in [6.45, 7) is 3.94. The van der Waals surface area contributed by atoms with Crippen LogP contribution in [-0.4, -0.2) is 17.2 Å². The van der Waals surface area contributed by atoms with Gasteiger partial charge in [-0.15, -0.1) is 0 Å². The van der Waals surface area contributed by atoms with Crippen molar-refractivity contribution in [2.24, 2.45) is 5.92 Å². The fraction of sp³-hybridized carbons (Fsp3) is 1.00. The molecule has 0 aromatic rings. The average Bonchev–Trinajstić information content (AvgIpc) is 2.17. The standard InChI is InChI=1S/C12H25O3P/c1-3-7-11(2)15-16(13,14)10-12-8-5-4-6-9-12/h11-12H,3-10H2,1-2H3,(H,13,14). The first-order valence-electron chi connectivity index (χ1n) is 6.53. The normalized spacial score (nSPS) is 23.9. The molecule has 1 N–H and O–H groups in total. The Labute approximate surface area is 99.1 Å². The summed E-state index contributed by atoms with van der Waals surface area (Å²) in [5, 5.41) is 0. The Bertz CT molecular complexity index is 236. The van der Waals surface area contributed by atoms with Crippen LogP contribution in [0.2, 0.25) is 0 Å². The lowest BCUT2D eigenvalue weighted by Crippen LogP contribution is -2.15. The second kappa shape index (κ2) is 6.78. The van der Waals surface area contributed by atoms with E-state index in [1.165, 1.54) is 19.3 Å². The van der Waals surface area contributed by atoms with Gasteiger partial charge in [0.05, 0.1) is 12.3 Å². The molecule has 1 aliphatic rings. The Hall–Kier alpha value is 0.150. The molecule has 2 atom stereocenters. The molecule has 1 aliphatic carbocycles. The van der Waals surface area contributed by atoms with Crippen LogP contribution in [0.25, 0.3) is 0 Å². The van der Waals surface area contributed by atoms with Gasteiger partial charge in [-0.05, 0) is 32.1 Å². The van der Waals surface area contributed by atoms with Crippen LogP contribution in [0.1, 0.15) is 58.8 Å². The Balaban J connectivity index is 2.34. The second-order valence-electron chi connectivity index (χ2n) is 5.03. The summed E-state index contributed by atoms with van der Waals surface area (Å²) < 4.78 is 17.2. The molecule has 0 bridgehead atoms. The van der Waals surface area contributed by atoms with E-state index >= 15 is 0 Å². The first-order chi connectivity index (χ1) is 7.53. The zero-order valence-corrected chi connectivity index (χ0v) is 11.4. The molecule has 96 valence electrons. The first kappa shape index (κ1) is 14.2.